The van der Waals surface area contributed by atoms with Crippen molar-refractivity contribution in [2.24, 2.45) is 5.73 Å². The van der Waals surface area contributed by atoms with Gasteiger partial charge in [0.15, 0.2) is 6.61 Å². The van der Waals surface area contributed by atoms with E-state index in [1.807, 2.05) is 6.07 Å². The van der Waals surface area contributed by atoms with Gasteiger partial charge < -0.3 is 25.3 Å². The van der Waals surface area contributed by atoms with Crippen LogP contribution in [0.2, 0.25) is 10.0 Å². The molecule has 1 aliphatic rings. The molecule has 3 rings (SSSR count). The van der Waals surface area contributed by atoms with Gasteiger partial charge >= 0.3 is 5.97 Å². The maximum absolute atomic E-state index is 12.6. The number of nitriles is 1. The van der Waals surface area contributed by atoms with E-state index in [0.29, 0.717) is 27.0 Å². The second-order valence-corrected chi connectivity index (χ2v) is 8.05. The summed E-state index contributed by atoms with van der Waals surface area (Å²) in [4.78, 5) is 24.8. The van der Waals surface area contributed by atoms with Crippen molar-refractivity contribution in [2.45, 2.75) is 19.8 Å². The Morgan fingerprint density at radius 1 is 1.18 bits per heavy atom. The lowest BCUT2D eigenvalue weighted by molar-refractivity contribution is -0.139. The average Bonchev–Trinajstić information content (AvgIpc) is 2.77. The monoisotopic (exact) mass is 501 g/mol. The summed E-state index contributed by atoms with van der Waals surface area (Å²) in [6.07, 6.45) is 0. The SMILES string of the molecule is CCOC(=O)C1=C(C)OC(N)=C(C#N)C1c1ccc(OCC(=O)Nc2cc(Cl)cc(Cl)c2)cc1. The van der Waals surface area contributed by atoms with Crippen molar-refractivity contribution in [1.29, 1.82) is 5.26 Å². The molecule has 3 N–H and O–H groups in total. The molecule has 0 fully saturated rings. The summed E-state index contributed by atoms with van der Waals surface area (Å²) < 4.78 is 16.1. The number of allylic oxidation sites excluding steroid dienone is 2. The molecule has 1 heterocycles. The molecule has 0 radical (unpaired) electrons. The zero-order chi connectivity index (χ0) is 24.8. The Kier molecular flexibility index (Phi) is 8.05. The molecule has 176 valence electrons. The molecule has 0 spiro atoms. The molecule has 0 saturated heterocycles. The number of hydrogen-bond acceptors (Lipinski definition) is 7. The number of esters is 1. The molecule has 1 amide bonds. The van der Waals surface area contributed by atoms with E-state index in [4.69, 9.17) is 43.1 Å². The van der Waals surface area contributed by atoms with Gasteiger partial charge in [-0.3, -0.25) is 4.79 Å². The van der Waals surface area contributed by atoms with E-state index in [0.717, 1.165) is 0 Å². The van der Waals surface area contributed by atoms with E-state index in [1.54, 1.807) is 56.3 Å². The van der Waals surface area contributed by atoms with Gasteiger partial charge in [-0.1, -0.05) is 35.3 Å². The second-order valence-electron chi connectivity index (χ2n) is 7.18. The molecule has 2 aromatic rings. The van der Waals surface area contributed by atoms with E-state index >= 15 is 0 Å². The lowest BCUT2D eigenvalue weighted by Gasteiger charge is -2.26. The molecular weight excluding hydrogens is 481 g/mol. The number of hydrogen-bond donors (Lipinski definition) is 2. The van der Waals surface area contributed by atoms with Crippen LogP contribution in [0.4, 0.5) is 5.69 Å². The van der Waals surface area contributed by atoms with Crippen LogP contribution in [0.15, 0.2) is 65.3 Å². The topological polar surface area (TPSA) is 124 Å². The Labute approximate surface area is 206 Å². The van der Waals surface area contributed by atoms with Crippen LogP contribution in [-0.4, -0.2) is 25.1 Å². The molecule has 1 aliphatic heterocycles. The van der Waals surface area contributed by atoms with Gasteiger partial charge in [0.2, 0.25) is 5.88 Å². The number of nitrogens with two attached hydrogens (primary N) is 1. The molecule has 0 saturated carbocycles. The van der Waals surface area contributed by atoms with Crippen molar-refractivity contribution in [3.05, 3.63) is 80.9 Å². The van der Waals surface area contributed by atoms with Crippen LogP contribution in [-0.2, 0) is 19.1 Å². The van der Waals surface area contributed by atoms with Crippen LogP contribution >= 0.6 is 23.2 Å². The van der Waals surface area contributed by atoms with Gasteiger partial charge in [0.05, 0.1) is 18.1 Å². The number of nitrogens with one attached hydrogen (secondary N) is 1. The van der Waals surface area contributed by atoms with Crippen LogP contribution in [0.3, 0.4) is 0 Å². The summed E-state index contributed by atoms with van der Waals surface area (Å²) >= 11 is 11.9. The van der Waals surface area contributed by atoms with E-state index in [9.17, 15) is 14.9 Å². The van der Waals surface area contributed by atoms with Crippen molar-refractivity contribution in [3.8, 4) is 11.8 Å². The fourth-order valence-electron chi connectivity index (χ4n) is 3.42. The van der Waals surface area contributed by atoms with Gasteiger partial charge in [0.1, 0.15) is 23.2 Å². The van der Waals surface area contributed by atoms with Crippen LogP contribution in [0.25, 0.3) is 0 Å². The number of carbonyl (C=O) groups excluding carboxylic acids is 2. The minimum atomic E-state index is -0.761. The first-order valence-electron chi connectivity index (χ1n) is 10.2. The fourth-order valence-corrected chi connectivity index (χ4v) is 3.94. The molecule has 0 bridgehead atoms. The van der Waals surface area contributed by atoms with Gasteiger partial charge in [-0.15, -0.1) is 0 Å². The predicted octanol–water partition coefficient (Wildman–Crippen LogP) is 4.66. The molecule has 1 unspecified atom stereocenters. The maximum atomic E-state index is 12.6. The highest BCUT2D eigenvalue weighted by Gasteiger charge is 2.36. The van der Waals surface area contributed by atoms with Gasteiger partial charge in [0.25, 0.3) is 5.91 Å². The molecule has 2 aromatic carbocycles. The summed E-state index contributed by atoms with van der Waals surface area (Å²) in [5, 5.41) is 13.1. The standard InChI is InChI=1S/C24H21Cl2N3O5/c1-3-32-24(31)21-13(2)34-23(28)19(11-27)22(21)14-4-6-18(7-5-14)33-12-20(30)29-17-9-15(25)8-16(26)10-17/h4-10,22H,3,12,28H2,1-2H3,(H,29,30). The van der Waals surface area contributed by atoms with E-state index in [1.165, 1.54) is 0 Å². The lowest BCUT2D eigenvalue weighted by Crippen LogP contribution is -2.25. The zero-order valence-corrected chi connectivity index (χ0v) is 19.9. The fraction of sp³-hybridized carbons (Fsp3) is 0.208. The Balaban J connectivity index is 1.75. The van der Waals surface area contributed by atoms with Crippen molar-refractivity contribution in [3.63, 3.8) is 0 Å². The number of benzene rings is 2. The largest absolute Gasteiger partial charge is 0.484 e. The van der Waals surface area contributed by atoms with Gasteiger partial charge in [-0.25, -0.2) is 4.79 Å². The summed E-state index contributed by atoms with van der Waals surface area (Å²) in [5.41, 5.74) is 7.25. The molecule has 8 nitrogen and oxygen atoms in total. The van der Waals surface area contributed by atoms with Crippen LogP contribution in [0, 0.1) is 11.3 Å². The highest BCUT2D eigenvalue weighted by Crippen LogP contribution is 2.40. The molecule has 34 heavy (non-hydrogen) atoms. The number of rotatable bonds is 7. The third kappa shape index (κ3) is 5.81. The Morgan fingerprint density at radius 2 is 1.82 bits per heavy atom. The number of amides is 1. The highest BCUT2D eigenvalue weighted by atomic mass is 35.5. The first kappa shape index (κ1) is 25.0. The number of anilines is 1. The van der Waals surface area contributed by atoms with Gasteiger partial charge in [-0.2, -0.15) is 5.26 Å². The number of halogens is 2. The average molecular weight is 502 g/mol. The molecule has 0 aromatic heterocycles. The first-order chi connectivity index (χ1) is 16.2. The second kappa shape index (κ2) is 11.0. The quantitative estimate of drug-likeness (QED) is 0.528. The number of ether oxygens (including phenoxy) is 3. The third-order valence-electron chi connectivity index (χ3n) is 4.83. The normalized spacial score (nSPS) is 15.3. The van der Waals surface area contributed by atoms with E-state index in [-0.39, 0.29) is 36.0 Å². The molecule has 10 heteroatoms. The predicted molar refractivity (Wildman–Crippen MR) is 127 cm³/mol. The Bertz CT molecular complexity index is 1200. The van der Waals surface area contributed by atoms with Crippen LogP contribution < -0.4 is 15.8 Å². The van der Waals surface area contributed by atoms with Crippen molar-refractivity contribution >= 4 is 40.8 Å². The zero-order valence-electron chi connectivity index (χ0n) is 18.4. The molecule has 1 atom stereocenters. The van der Waals surface area contributed by atoms with Gasteiger partial charge in [-0.05, 0) is 49.7 Å². The number of carbonyl (C=O) groups is 2. The van der Waals surface area contributed by atoms with Crippen LogP contribution in [0.5, 0.6) is 5.75 Å². The maximum Gasteiger partial charge on any atom is 0.338 e. The number of nitrogens with zero attached hydrogens (tertiary/aromatic N) is 1. The first-order valence-corrected chi connectivity index (χ1v) is 10.9. The van der Waals surface area contributed by atoms with E-state index < -0.39 is 17.8 Å². The molecular formula is C24H21Cl2N3O5. The van der Waals surface area contributed by atoms with Crippen molar-refractivity contribution < 1.29 is 23.8 Å². The Hall–Kier alpha value is -3.67. The minimum Gasteiger partial charge on any atom is -0.484 e. The van der Waals surface area contributed by atoms with Gasteiger partial charge in [0, 0.05) is 15.7 Å². The summed E-state index contributed by atoms with van der Waals surface area (Å²) in [5.74, 6) is -1.17. The highest BCUT2D eigenvalue weighted by molar-refractivity contribution is 6.35. The molecule has 0 aliphatic carbocycles. The third-order valence-corrected chi connectivity index (χ3v) is 5.27. The summed E-state index contributed by atoms with van der Waals surface area (Å²) in [7, 11) is 0. The smallest absolute Gasteiger partial charge is 0.338 e. The van der Waals surface area contributed by atoms with Crippen molar-refractivity contribution in [2.75, 3.05) is 18.5 Å². The minimum absolute atomic E-state index is 0.0730. The summed E-state index contributed by atoms with van der Waals surface area (Å²) in [6.45, 7) is 3.18. The van der Waals surface area contributed by atoms with Crippen molar-refractivity contribution in [1.82, 2.24) is 0 Å². The lowest BCUT2D eigenvalue weighted by atomic mass is 9.83. The van der Waals surface area contributed by atoms with E-state index in [2.05, 4.69) is 5.32 Å². The Morgan fingerprint density at radius 3 is 2.41 bits per heavy atom. The van der Waals surface area contributed by atoms with Crippen LogP contribution in [0.1, 0.15) is 25.3 Å². The summed E-state index contributed by atoms with van der Waals surface area (Å²) in [6, 6.07) is 13.3.